The molecule has 0 atom stereocenters. The minimum absolute atomic E-state index is 0. The maximum Gasteiger partial charge on any atom is 0.285 e. The summed E-state index contributed by atoms with van der Waals surface area (Å²) in [5.74, 6) is -0.0868. The van der Waals surface area contributed by atoms with Gasteiger partial charge in [0, 0.05) is 51.2 Å². The van der Waals surface area contributed by atoms with Crippen LogP contribution in [0.25, 0.3) is 0 Å². The van der Waals surface area contributed by atoms with E-state index in [1.165, 1.54) is 43.4 Å². The summed E-state index contributed by atoms with van der Waals surface area (Å²) in [6.45, 7) is 11.3. The summed E-state index contributed by atoms with van der Waals surface area (Å²) in [7, 11) is 0. The summed E-state index contributed by atoms with van der Waals surface area (Å²) >= 11 is 0. The Hall–Kier alpha value is -1.10. The number of aryl methyl sites for hydroxylation is 3. The fraction of sp³-hybridized carbons (Fsp3) is 0.536. The average molecular weight is 529 g/mol. The van der Waals surface area contributed by atoms with E-state index in [9.17, 15) is 9.18 Å². The van der Waals surface area contributed by atoms with Gasteiger partial charge in [0.05, 0.1) is 19.6 Å². The fourth-order valence-electron chi connectivity index (χ4n) is 5.64. The fourth-order valence-corrected chi connectivity index (χ4v) is 5.64. The predicted octanol–water partition coefficient (Wildman–Crippen LogP) is 6.71. The minimum Gasteiger partial charge on any atom is -0.320 e. The number of quaternary nitrogens is 1. The van der Waals surface area contributed by atoms with Crippen LogP contribution in [0, 0.1) is 26.6 Å². The standard InChI is InChI=1S/C21H31FN2O.C7H8.Y/c1-4-24(12-7-5-6-8-13-24)21(10-9-11-21)20(25)23-19-16(2)14-18(22)15-17(19)3;1-7-5-3-2-4-6-7;/h14-15H,4-13H2,1-3H3;2-6H,1H3;/p+1. The van der Waals surface area contributed by atoms with E-state index in [0.717, 1.165) is 60.2 Å². The van der Waals surface area contributed by atoms with E-state index >= 15 is 0 Å². The summed E-state index contributed by atoms with van der Waals surface area (Å²) in [5, 5.41) is 3.20. The normalized spacial score (nSPS) is 18.5. The molecule has 2 aliphatic rings. The maximum absolute atomic E-state index is 13.6. The van der Waals surface area contributed by atoms with Gasteiger partial charge in [-0.15, -0.1) is 0 Å². The van der Waals surface area contributed by atoms with Gasteiger partial charge in [0.25, 0.3) is 5.91 Å². The molecule has 1 aliphatic heterocycles. The predicted molar refractivity (Wildman–Crippen MR) is 131 cm³/mol. The van der Waals surface area contributed by atoms with Gasteiger partial charge in [-0.2, -0.15) is 0 Å². The molecule has 0 bridgehead atoms. The number of hydrogen-bond donors (Lipinski definition) is 1. The Morgan fingerprint density at radius 1 is 0.939 bits per heavy atom. The van der Waals surface area contributed by atoms with Crippen molar-refractivity contribution in [3.05, 3.63) is 65.0 Å². The van der Waals surface area contributed by atoms with Crippen molar-refractivity contribution >= 4 is 11.6 Å². The molecule has 0 spiro atoms. The summed E-state index contributed by atoms with van der Waals surface area (Å²) in [4.78, 5) is 13.5. The molecule has 1 heterocycles. The first kappa shape index (κ1) is 28.1. The average Bonchev–Trinajstić information content (AvgIpc) is 2.98. The van der Waals surface area contributed by atoms with Crippen molar-refractivity contribution < 1.29 is 46.4 Å². The van der Waals surface area contributed by atoms with Crippen LogP contribution in [0.2, 0.25) is 0 Å². The number of nitrogens with one attached hydrogen (secondary N) is 1. The van der Waals surface area contributed by atoms with Crippen molar-refractivity contribution in [3.63, 3.8) is 0 Å². The Morgan fingerprint density at radius 3 is 1.88 bits per heavy atom. The van der Waals surface area contributed by atoms with Crippen molar-refractivity contribution in [1.82, 2.24) is 0 Å². The molecular weight excluding hydrogens is 488 g/mol. The monoisotopic (exact) mass is 528 g/mol. The van der Waals surface area contributed by atoms with E-state index in [-0.39, 0.29) is 50.0 Å². The van der Waals surface area contributed by atoms with Gasteiger partial charge in [-0.3, -0.25) is 4.79 Å². The minimum atomic E-state index is -0.285. The van der Waals surface area contributed by atoms with Gasteiger partial charge in [0.15, 0.2) is 5.54 Å². The van der Waals surface area contributed by atoms with Gasteiger partial charge < -0.3 is 9.80 Å². The number of rotatable bonds is 4. The van der Waals surface area contributed by atoms with Crippen LogP contribution in [-0.4, -0.2) is 35.6 Å². The van der Waals surface area contributed by atoms with Gasteiger partial charge in [0.2, 0.25) is 0 Å². The zero-order valence-electron chi connectivity index (χ0n) is 20.9. The van der Waals surface area contributed by atoms with E-state index in [1.807, 2.05) is 32.0 Å². The Morgan fingerprint density at radius 2 is 1.48 bits per heavy atom. The number of amides is 1. The van der Waals surface area contributed by atoms with E-state index in [4.69, 9.17) is 0 Å². The quantitative estimate of drug-likeness (QED) is 0.440. The molecule has 1 N–H and O–H groups in total. The molecule has 177 valence electrons. The van der Waals surface area contributed by atoms with Crippen LogP contribution in [0.4, 0.5) is 10.1 Å². The van der Waals surface area contributed by atoms with Gasteiger partial charge in [-0.1, -0.05) is 35.9 Å². The Labute approximate surface area is 225 Å². The zero-order chi connectivity index (χ0) is 23.2. The van der Waals surface area contributed by atoms with Crippen molar-refractivity contribution in [2.45, 2.75) is 78.2 Å². The first-order chi connectivity index (χ1) is 15.3. The van der Waals surface area contributed by atoms with E-state index in [2.05, 4.69) is 31.3 Å². The molecule has 1 saturated heterocycles. The molecule has 0 aromatic heterocycles. The number of likely N-dealkylation sites (N-methyl/N-ethyl adjacent to an activating group) is 1. The first-order valence-corrected chi connectivity index (χ1v) is 12.3. The smallest absolute Gasteiger partial charge is 0.285 e. The molecule has 0 unspecified atom stereocenters. The summed E-state index contributed by atoms with van der Waals surface area (Å²) < 4.78 is 14.5. The molecular formula is C28H40FN2OY+. The largest absolute Gasteiger partial charge is 0.320 e. The number of nitrogens with zero attached hydrogens (tertiary/aromatic N) is 1. The van der Waals surface area contributed by atoms with Crippen LogP contribution in [0.3, 0.4) is 0 Å². The second-order valence-electron chi connectivity index (χ2n) is 9.73. The molecule has 2 fully saturated rings. The third kappa shape index (κ3) is 6.32. The Bertz CT molecular complexity index is 880. The molecule has 2 aromatic carbocycles. The molecule has 2 aromatic rings. The van der Waals surface area contributed by atoms with Crippen LogP contribution < -0.4 is 5.32 Å². The molecule has 1 aliphatic carbocycles. The number of benzene rings is 2. The van der Waals surface area contributed by atoms with Crippen molar-refractivity contribution in [2.75, 3.05) is 25.0 Å². The summed E-state index contributed by atoms with van der Waals surface area (Å²) in [6.07, 6.45) is 8.10. The van der Waals surface area contributed by atoms with Crippen LogP contribution in [0.5, 0.6) is 0 Å². The van der Waals surface area contributed by atoms with Gasteiger partial charge in [-0.05, 0) is 83.1 Å². The number of carbonyl (C=O) groups excluding carboxylic acids is 1. The van der Waals surface area contributed by atoms with Crippen LogP contribution >= 0.6 is 0 Å². The van der Waals surface area contributed by atoms with Crippen molar-refractivity contribution in [1.29, 1.82) is 0 Å². The first-order valence-electron chi connectivity index (χ1n) is 12.3. The van der Waals surface area contributed by atoms with Crippen LogP contribution in [0.15, 0.2) is 42.5 Å². The maximum atomic E-state index is 13.6. The van der Waals surface area contributed by atoms with Crippen molar-refractivity contribution in [2.24, 2.45) is 0 Å². The van der Waals surface area contributed by atoms with Gasteiger partial charge in [-0.25, -0.2) is 4.39 Å². The molecule has 5 heteroatoms. The van der Waals surface area contributed by atoms with E-state index in [1.54, 1.807) is 0 Å². The number of hydrogen-bond acceptors (Lipinski definition) is 1. The SMILES string of the molecule is CC[N+]1(C2(C(=O)Nc3c(C)cc(F)cc3C)CCC2)CCCCCC1.Cc1ccccc1.[Y]. The third-order valence-electron chi connectivity index (χ3n) is 7.72. The van der Waals surface area contributed by atoms with E-state index < -0.39 is 0 Å². The van der Waals surface area contributed by atoms with Gasteiger partial charge in [0.1, 0.15) is 5.82 Å². The van der Waals surface area contributed by atoms with Crippen molar-refractivity contribution in [3.8, 4) is 0 Å². The third-order valence-corrected chi connectivity index (χ3v) is 7.72. The second kappa shape index (κ2) is 12.6. The molecule has 33 heavy (non-hydrogen) atoms. The zero-order valence-corrected chi connectivity index (χ0v) is 23.8. The number of likely N-dealkylation sites (tertiary alicyclic amines) is 1. The number of carbonyl (C=O) groups is 1. The molecule has 1 radical (unpaired) electrons. The number of halogens is 1. The van der Waals surface area contributed by atoms with Crippen LogP contribution in [-0.2, 0) is 37.5 Å². The number of anilines is 1. The Balaban J connectivity index is 0.000000413. The second-order valence-corrected chi connectivity index (χ2v) is 9.73. The summed E-state index contributed by atoms with van der Waals surface area (Å²) in [6, 6.07) is 13.3. The van der Waals surface area contributed by atoms with E-state index in [0.29, 0.717) is 0 Å². The Kier molecular flexibility index (Phi) is 10.7. The molecule has 4 rings (SSSR count). The van der Waals surface area contributed by atoms with Gasteiger partial charge >= 0.3 is 0 Å². The molecule has 1 saturated carbocycles. The summed E-state index contributed by atoms with van der Waals surface area (Å²) in [5.41, 5.74) is 3.44. The van der Waals surface area contributed by atoms with Crippen LogP contribution in [0.1, 0.15) is 68.6 Å². The topological polar surface area (TPSA) is 29.1 Å². The molecule has 1 amide bonds. The molecule has 3 nitrogen and oxygen atoms in total.